The highest BCUT2D eigenvalue weighted by atomic mass is 19.1. The van der Waals surface area contributed by atoms with Gasteiger partial charge in [-0.15, -0.1) is 6.58 Å². The first-order valence-electron chi connectivity index (χ1n) is 6.28. The highest BCUT2D eigenvalue weighted by molar-refractivity contribution is 5.28. The number of halogens is 1. The fourth-order valence-corrected chi connectivity index (χ4v) is 2.64. The maximum Gasteiger partial charge on any atom is 0.123 e. The predicted octanol–water partition coefficient (Wildman–Crippen LogP) is 2.90. The van der Waals surface area contributed by atoms with Gasteiger partial charge >= 0.3 is 0 Å². The lowest BCUT2D eigenvalue weighted by Gasteiger charge is -2.41. The van der Waals surface area contributed by atoms with Crippen LogP contribution in [-0.4, -0.2) is 25.0 Å². The number of rotatable bonds is 6. The zero-order valence-electron chi connectivity index (χ0n) is 11.5. The van der Waals surface area contributed by atoms with Crippen LogP contribution in [0, 0.1) is 5.82 Å². The van der Waals surface area contributed by atoms with Crippen molar-refractivity contribution in [1.82, 2.24) is 4.90 Å². The monoisotopic (exact) mass is 250 g/mol. The molecule has 1 rings (SSSR count). The molecule has 100 valence electrons. The van der Waals surface area contributed by atoms with E-state index in [-0.39, 0.29) is 11.9 Å². The Hall–Kier alpha value is -1.19. The van der Waals surface area contributed by atoms with Crippen molar-refractivity contribution in [3.8, 4) is 0 Å². The average Bonchev–Trinajstić information content (AvgIpc) is 2.30. The topological polar surface area (TPSA) is 29.3 Å². The molecule has 0 saturated heterocycles. The average molecular weight is 250 g/mol. The van der Waals surface area contributed by atoms with E-state index in [9.17, 15) is 4.39 Å². The van der Waals surface area contributed by atoms with E-state index in [1.54, 1.807) is 12.1 Å². The Labute approximate surface area is 109 Å². The minimum atomic E-state index is -0.534. The van der Waals surface area contributed by atoms with Crippen molar-refractivity contribution in [2.24, 2.45) is 5.73 Å². The van der Waals surface area contributed by atoms with Gasteiger partial charge in [0.05, 0.1) is 5.54 Å². The van der Waals surface area contributed by atoms with Crippen LogP contribution in [0.3, 0.4) is 0 Å². The summed E-state index contributed by atoms with van der Waals surface area (Å²) in [4.78, 5) is 2.12. The lowest BCUT2D eigenvalue weighted by atomic mass is 9.79. The number of nitrogens with two attached hydrogens (primary N) is 1. The van der Waals surface area contributed by atoms with Crippen molar-refractivity contribution < 1.29 is 4.39 Å². The molecule has 0 aliphatic rings. The summed E-state index contributed by atoms with van der Waals surface area (Å²) >= 11 is 0. The molecule has 0 aliphatic heterocycles. The van der Waals surface area contributed by atoms with Gasteiger partial charge in [-0.25, -0.2) is 4.39 Å². The second-order valence-corrected chi connectivity index (χ2v) is 4.93. The molecule has 2 unspecified atom stereocenters. The Morgan fingerprint density at radius 2 is 1.94 bits per heavy atom. The molecule has 1 aromatic carbocycles. The first-order valence-corrected chi connectivity index (χ1v) is 6.28. The van der Waals surface area contributed by atoms with Crippen molar-refractivity contribution in [1.29, 1.82) is 0 Å². The molecule has 0 radical (unpaired) electrons. The van der Waals surface area contributed by atoms with E-state index < -0.39 is 5.54 Å². The second-order valence-electron chi connectivity index (χ2n) is 4.93. The second kappa shape index (κ2) is 6.12. The van der Waals surface area contributed by atoms with E-state index in [0.29, 0.717) is 6.42 Å². The van der Waals surface area contributed by atoms with Crippen LogP contribution in [-0.2, 0) is 5.54 Å². The highest BCUT2D eigenvalue weighted by Crippen LogP contribution is 2.30. The first kappa shape index (κ1) is 14.9. The van der Waals surface area contributed by atoms with Crippen molar-refractivity contribution >= 4 is 0 Å². The highest BCUT2D eigenvalue weighted by Gasteiger charge is 2.35. The molecule has 0 spiro atoms. The minimum absolute atomic E-state index is 0.181. The third-order valence-electron chi connectivity index (χ3n) is 3.47. The lowest BCUT2D eigenvalue weighted by molar-refractivity contribution is 0.171. The molecule has 0 aliphatic carbocycles. The molecule has 3 heteroatoms. The van der Waals surface area contributed by atoms with Gasteiger partial charge in [0, 0.05) is 6.04 Å². The minimum Gasteiger partial charge on any atom is -0.320 e. The van der Waals surface area contributed by atoms with E-state index in [4.69, 9.17) is 5.73 Å². The zero-order valence-corrected chi connectivity index (χ0v) is 11.5. The standard InChI is InChI=1S/C15H23FN2/c1-5-11-15(17,14(6-2)18(3)4)12-7-9-13(16)10-8-12/h5,7-10,14H,1,6,11,17H2,2-4H3. The zero-order chi connectivity index (χ0) is 13.8. The van der Waals surface area contributed by atoms with Gasteiger partial charge < -0.3 is 10.6 Å². The molecule has 0 aromatic heterocycles. The van der Waals surface area contributed by atoms with Crippen LogP contribution in [0.25, 0.3) is 0 Å². The summed E-state index contributed by atoms with van der Waals surface area (Å²) < 4.78 is 13.0. The SMILES string of the molecule is C=CCC(N)(c1ccc(F)cc1)C(CC)N(C)C. The molecule has 18 heavy (non-hydrogen) atoms. The van der Waals surface area contributed by atoms with Gasteiger partial charge in [0.25, 0.3) is 0 Å². The van der Waals surface area contributed by atoms with Crippen LogP contribution in [0.5, 0.6) is 0 Å². The quantitative estimate of drug-likeness (QED) is 0.787. The third kappa shape index (κ3) is 2.98. The van der Waals surface area contributed by atoms with Gasteiger partial charge in [-0.1, -0.05) is 25.1 Å². The number of likely N-dealkylation sites (N-methyl/N-ethyl adjacent to an activating group) is 1. The van der Waals surface area contributed by atoms with E-state index in [0.717, 1.165) is 12.0 Å². The fraction of sp³-hybridized carbons (Fsp3) is 0.467. The predicted molar refractivity (Wildman–Crippen MR) is 74.8 cm³/mol. The van der Waals surface area contributed by atoms with Gasteiger partial charge in [-0.2, -0.15) is 0 Å². The number of hydrogen-bond donors (Lipinski definition) is 1. The Kier molecular flexibility index (Phi) is 5.05. The number of nitrogens with zero attached hydrogens (tertiary/aromatic N) is 1. The van der Waals surface area contributed by atoms with E-state index in [1.165, 1.54) is 12.1 Å². The van der Waals surface area contributed by atoms with Gasteiger partial charge in [-0.3, -0.25) is 0 Å². The van der Waals surface area contributed by atoms with E-state index in [2.05, 4.69) is 18.4 Å². The molecule has 2 N–H and O–H groups in total. The van der Waals surface area contributed by atoms with Crippen LogP contribution in [0.4, 0.5) is 4.39 Å². The summed E-state index contributed by atoms with van der Waals surface area (Å²) in [5, 5.41) is 0. The van der Waals surface area contributed by atoms with Crippen LogP contribution in [0.2, 0.25) is 0 Å². The molecular weight excluding hydrogens is 227 g/mol. The Balaban J connectivity index is 3.20. The maximum atomic E-state index is 13.0. The van der Waals surface area contributed by atoms with Crippen molar-refractivity contribution in [2.45, 2.75) is 31.3 Å². The first-order chi connectivity index (χ1) is 8.45. The largest absolute Gasteiger partial charge is 0.320 e. The van der Waals surface area contributed by atoms with Crippen LogP contribution in [0.15, 0.2) is 36.9 Å². The van der Waals surface area contributed by atoms with Crippen molar-refractivity contribution in [3.63, 3.8) is 0 Å². The molecule has 0 bridgehead atoms. The normalized spacial score (nSPS) is 16.3. The summed E-state index contributed by atoms with van der Waals surface area (Å²) in [7, 11) is 4.03. The molecule has 0 saturated carbocycles. The molecule has 0 heterocycles. The smallest absolute Gasteiger partial charge is 0.123 e. The van der Waals surface area contributed by atoms with Gasteiger partial charge in [0.1, 0.15) is 5.82 Å². The number of benzene rings is 1. The van der Waals surface area contributed by atoms with E-state index in [1.807, 2.05) is 20.2 Å². The van der Waals surface area contributed by atoms with Gasteiger partial charge in [0.15, 0.2) is 0 Å². The summed E-state index contributed by atoms with van der Waals surface area (Å²) in [6, 6.07) is 6.64. The van der Waals surface area contributed by atoms with E-state index >= 15 is 0 Å². The Morgan fingerprint density at radius 3 is 2.33 bits per heavy atom. The fourth-order valence-electron chi connectivity index (χ4n) is 2.64. The van der Waals surface area contributed by atoms with Gasteiger partial charge in [-0.05, 0) is 44.6 Å². The third-order valence-corrected chi connectivity index (χ3v) is 3.47. The van der Waals surface area contributed by atoms with Crippen LogP contribution in [0.1, 0.15) is 25.3 Å². The molecule has 2 atom stereocenters. The summed E-state index contributed by atoms with van der Waals surface area (Å²) in [6.45, 7) is 5.90. The maximum absolute atomic E-state index is 13.0. The summed E-state index contributed by atoms with van der Waals surface area (Å²) in [6.07, 6.45) is 3.42. The Bertz CT molecular complexity index is 386. The Morgan fingerprint density at radius 1 is 1.39 bits per heavy atom. The van der Waals surface area contributed by atoms with Crippen molar-refractivity contribution in [2.75, 3.05) is 14.1 Å². The van der Waals surface area contributed by atoms with Crippen molar-refractivity contribution in [3.05, 3.63) is 48.3 Å². The molecule has 0 amide bonds. The van der Waals surface area contributed by atoms with Gasteiger partial charge in [0.2, 0.25) is 0 Å². The number of hydrogen-bond acceptors (Lipinski definition) is 2. The molecule has 0 fully saturated rings. The molecule has 2 nitrogen and oxygen atoms in total. The van der Waals surface area contributed by atoms with Crippen LogP contribution >= 0.6 is 0 Å². The molecule has 1 aromatic rings. The lowest BCUT2D eigenvalue weighted by Crippen LogP contribution is -2.53. The van der Waals surface area contributed by atoms with Crippen LogP contribution < -0.4 is 5.73 Å². The molecular formula is C15H23FN2. The summed E-state index contributed by atoms with van der Waals surface area (Å²) in [5.41, 5.74) is 7.01. The summed E-state index contributed by atoms with van der Waals surface area (Å²) in [5.74, 6) is -0.238.